The van der Waals surface area contributed by atoms with Crippen molar-refractivity contribution in [3.63, 3.8) is 0 Å². The Labute approximate surface area is 110 Å². The number of hydrogen-bond acceptors (Lipinski definition) is 4. The Balaban J connectivity index is 3.25. The highest BCUT2D eigenvalue weighted by Crippen LogP contribution is 2.24. The van der Waals surface area contributed by atoms with Crippen LogP contribution in [0.1, 0.15) is 26.3 Å². The maximum Gasteiger partial charge on any atom is 0.343 e. The largest absolute Gasteiger partial charge is 0.479 e. The molecule has 1 unspecified atom stereocenters. The standard InChI is InChI=1S/C13H16FNO4/c1-12(2,3)19-11(18)13(15,10(16)17)8-5-4-6-9(14)7-8/h4-7H,15H2,1-3H3,(H,16,17). The minimum Gasteiger partial charge on any atom is -0.479 e. The van der Waals surface area contributed by atoms with Crippen molar-refractivity contribution in [2.24, 2.45) is 5.73 Å². The van der Waals surface area contributed by atoms with Crippen LogP contribution in [0.3, 0.4) is 0 Å². The van der Waals surface area contributed by atoms with Gasteiger partial charge in [0.05, 0.1) is 0 Å². The molecular formula is C13H16FNO4. The van der Waals surface area contributed by atoms with E-state index in [0.29, 0.717) is 0 Å². The van der Waals surface area contributed by atoms with E-state index < -0.39 is 28.9 Å². The summed E-state index contributed by atoms with van der Waals surface area (Å²) in [6.07, 6.45) is 0. The quantitative estimate of drug-likeness (QED) is 0.639. The number of ether oxygens (including phenoxy) is 1. The molecule has 0 saturated carbocycles. The van der Waals surface area contributed by atoms with E-state index in [1.165, 1.54) is 12.1 Å². The highest BCUT2D eigenvalue weighted by atomic mass is 19.1. The second-order valence-electron chi connectivity index (χ2n) is 5.13. The van der Waals surface area contributed by atoms with Crippen molar-refractivity contribution in [2.75, 3.05) is 0 Å². The van der Waals surface area contributed by atoms with E-state index in [-0.39, 0.29) is 5.56 Å². The summed E-state index contributed by atoms with van der Waals surface area (Å²) in [5, 5.41) is 9.20. The lowest BCUT2D eigenvalue weighted by molar-refractivity contribution is -0.169. The molecule has 0 bridgehead atoms. The number of halogens is 1. The van der Waals surface area contributed by atoms with Crippen LogP contribution in [0.15, 0.2) is 24.3 Å². The zero-order valence-electron chi connectivity index (χ0n) is 10.9. The van der Waals surface area contributed by atoms with Gasteiger partial charge in [-0.05, 0) is 38.5 Å². The van der Waals surface area contributed by atoms with Crippen LogP contribution in [0, 0.1) is 5.82 Å². The van der Waals surface area contributed by atoms with Gasteiger partial charge < -0.3 is 15.6 Å². The Bertz CT molecular complexity index is 510. The van der Waals surface area contributed by atoms with Crippen molar-refractivity contribution < 1.29 is 23.8 Å². The molecule has 0 amide bonds. The van der Waals surface area contributed by atoms with Gasteiger partial charge in [0, 0.05) is 0 Å². The first-order valence-electron chi connectivity index (χ1n) is 5.59. The van der Waals surface area contributed by atoms with Gasteiger partial charge in [0.2, 0.25) is 5.54 Å². The van der Waals surface area contributed by atoms with E-state index in [4.69, 9.17) is 10.5 Å². The zero-order chi connectivity index (χ0) is 14.8. The summed E-state index contributed by atoms with van der Waals surface area (Å²) in [7, 11) is 0. The normalized spacial score (nSPS) is 14.6. The fourth-order valence-corrected chi connectivity index (χ4v) is 1.42. The summed E-state index contributed by atoms with van der Waals surface area (Å²) in [6.45, 7) is 4.75. The third-order valence-corrected chi connectivity index (χ3v) is 2.34. The first-order chi connectivity index (χ1) is 8.57. The van der Waals surface area contributed by atoms with E-state index in [0.717, 1.165) is 12.1 Å². The van der Waals surface area contributed by atoms with Gasteiger partial charge in [0.25, 0.3) is 0 Å². The number of esters is 1. The van der Waals surface area contributed by atoms with Gasteiger partial charge in [0.1, 0.15) is 11.4 Å². The first-order valence-corrected chi connectivity index (χ1v) is 5.59. The molecule has 5 nitrogen and oxygen atoms in total. The number of carboxylic acid groups (broad SMARTS) is 1. The van der Waals surface area contributed by atoms with E-state index >= 15 is 0 Å². The molecule has 0 aliphatic rings. The maximum absolute atomic E-state index is 13.2. The molecule has 0 aliphatic heterocycles. The average Bonchev–Trinajstić information content (AvgIpc) is 2.25. The lowest BCUT2D eigenvalue weighted by atomic mass is 9.91. The van der Waals surface area contributed by atoms with Crippen molar-refractivity contribution in [3.05, 3.63) is 35.6 Å². The van der Waals surface area contributed by atoms with Crippen molar-refractivity contribution in [1.82, 2.24) is 0 Å². The molecule has 1 atom stereocenters. The van der Waals surface area contributed by atoms with Crippen LogP contribution in [-0.4, -0.2) is 22.6 Å². The fraction of sp³-hybridized carbons (Fsp3) is 0.385. The lowest BCUT2D eigenvalue weighted by Crippen LogP contribution is -2.54. The topological polar surface area (TPSA) is 89.6 Å². The number of carbonyl (C=O) groups excluding carboxylic acids is 1. The van der Waals surface area contributed by atoms with Crippen molar-refractivity contribution in [3.8, 4) is 0 Å². The molecule has 0 aliphatic carbocycles. The molecule has 0 fully saturated rings. The van der Waals surface area contributed by atoms with Gasteiger partial charge in [0.15, 0.2) is 0 Å². The highest BCUT2D eigenvalue weighted by Gasteiger charge is 2.47. The van der Waals surface area contributed by atoms with E-state index in [1.807, 2.05) is 0 Å². The van der Waals surface area contributed by atoms with E-state index in [2.05, 4.69) is 0 Å². The predicted molar refractivity (Wildman–Crippen MR) is 65.7 cm³/mol. The molecule has 1 aromatic carbocycles. The van der Waals surface area contributed by atoms with Crippen LogP contribution in [0.2, 0.25) is 0 Å². The Morgan fingerprint density at radius 3 is 2.32 bits per heavy atom. The van der Waals surface area contributed by atoms with Gasteiger partial charge in [-0.3, -0.25) is 0 Å². The van der Waals surface area contributed by atoms with Gasteiger partial charge in [-0.25, -0.2) is 14.0 Å². The molecule has 0 radical (unpaired) electrons. The average molecular weight is 269 g/mol. The maximum atomic E-state index is 13.2. The Morgan fingerprint density at radius 1 is 1.32 bits per heavy atom. The van der Waals surface area contributed by atoms with Crippen molar-refractivity contribution in [1.29, 1.82) is 0 Å². The predicted octanol–water partition coefficient (Wildman–Crippen LogP) is 1.41. The zero-order valence-corrected chi connectivity index (χ0v) is 10.9. The first kappa shape index (κ1) is 15.1. The number of carboxylic acids is 1. The monoisotopic (exact) mass is 269 g/mol. The van der Waals surface area contributed by atoms with Crippen LogP contribution in [0.5, 0.6) is 0 Å². The van der Waals surface area contributed by atoms with Crippen LogP contribution in [0.4, 0.5) is 4.39 Å². The Kier molecular flexibility index (Phi) is 3.95. The molecule has 104 valence electrons. The molecule has 0 saturated heterocycles. The van der Waals surface area contributed by atoms with Crippen LogP contribution in [0.25, 0.3) is 0 Å². The minimum absolute atomic E-state index is 0.172. The lowest BCUT2D eigenvalue weighted by Gasteiger charge is -2.28. The third-order valence-electron chi connectivity index (χ3n) is 2.34. The number of rotatable bonds is 3. The van der Waals surface area contributed by atoms with Gasteiger partial charge in [-0.2, -0.15) is 0 Å². The number of nitrogens with two attached hydrogens (primary N) is 1. The van der Waals surface area contributed by atoms with E-state index in [1.54, 1.807) is 20.8 Å². The Hall–Kier alpha value is -1.95. The second-order valence-corrected chi connectivity index (χ2v) is 5.13. The number of aliphatic carboxylic acids is 1. The molecule has 1 rings (SSSR count). The molecule has 0 heterocycles. The Morgan fingerprint density at radius 2 is 1.89 bits per heavy atom. The summed E-state index contributed by atoms with van der Waals surface area (Å²) < 4.78 is 18.2. The van der Waals surface area contributed by atoms with Crippen LogP contribution < -0.4 is 5.73 Å². The van der Waals surface area contributed by atoms with Crippen molar-refractivity contribution >= 4 is 11.9 Å². The molecular weight excluding hydrogens is 253 g/mol. The van der Waals surface area contributed by atoms with Crippen LogP contribution in [-0.2, 0) is 19.9 Å². The third kappa shape index (κ3) is 3.29. The highest BCUT2D eigenvalue weighted by molar-refractivity contribution is 6.04. The summed E-state index contributed by atoms with van der Waals surface area (Å²) in [4.78, 5) is 23.3. The number of hydrogen-bond donors (Lipinski definition) is 2. The summed E-state index contributed by atoms with van der Waals surface area (Å²) in [5.74, 6) is -3.43. The SMILES string of the molecule is CC(C)(C)OC(=O)C(N)(C(=O)O)c1cccc(F)c1. The summed E-state index contributed by atoms with van der Waals surface area (Å²) in [6, 6.07) is 4.57. The molecule has 0 aromatic heterocycles. The molecule has 3 N–H and O–H groups in total. The van der Waals surface area contributed by atoms with Crippen molar-refractivity contribution in [2.45, 2.75) is 31.9 Å². The fourth-order valence-electron chi connectivity index (χ4n) is 1.42. The van der Waals surface area contributed by atoms with Crippen LogP contribution >= 0.6 is 0 Å². The summed E-state index contributed by atoms with van der Waals surface area (Å²) in [5.41, 5.74) is 2.14. The smallest absolute Gasteiger partial charge is 0.343 e. The van der Waals surface area contributed by atoms with Gasteiger partial charge in [-0.15, -0.1) is 0 Å². The molecule has 0 spiro atoms. The van der Waals surface area contributed by atoms with E-state index in [9.17, 15) is 19.1 Å². The summed E-state index contributed by atoms with van der Waals surface area (Å²) >= 11 is 0. The number of benzene rings is 1. The minimum atomic E-state index is -2.44. The van der Waals surface area contributed by atoms with Gasteiger partial charge >= 0.3 is 11.9 Å². The molecule has 1 aromatic rings. The molecule has 6 heteroatoms. The van der Waals surface area contributed by atoms with Gasteiger partial charge in [-0.1, -0.05) is 12.1 Å². The second kappa shape index (κ2) is 4.97. The number of carbonyl (C=O) groups is 2. The molecule has 19 heavy (non-hydrogen) atoms.